The number of likely N-dealkylation sites (tertiary alicyclic amines) is 1. The summed E-state index contributed by atoms with van der Waals surface area (Å²) in [6.07, 6.45) is 1.25. The molecule has 2 saturated heterocycles. The summed E-state index contributed by atoms with van der Waals surface area (Å²) >= 11 is 0. The first-order valence-corrected chi connectivity index (χ1v) is 8.35. The number of nitrogens with zero attached hydrogens (tertiary/aromatic N) is 3. The molecule has 2 aliphatic heterocycles. The van der Waals surface area contributed by atoms with Crippen LogP contribution in [0, 0.1) is 0 Å². The first-order valence-electron chi connectivity index (χ1n) is 8.35. The van der Waals surface area contributed by atoms with Crippen LogP contribution in [-0.2, 0) is 9.53 Å². The van der Waals surface area contributed by atoms with Crippen molar-refractivity contribution < 1.29 is 14.3 Å². The molecule has 0 aromatic rings. The fourth-order valence-electron chi connectivity index (χ4n) is 3.56. The van der Waals surface area contributed by atoms with E-state index in [0.29, 0.717) is 38.9 Å². The maximum absolute atomic E-state index is 12.4. The van der Waals surface area contributed by atoms with Gasteiger partial charge in [0.05, 0.1) is 29.1 Å². The number of piperidine rings is 1. The van der Waals surface area contributed by atoms with Gasteiger partial charge in [0.2, 0.25) is 5.91 Å². The van der Waals surface area contributed by atoms with Crippen molar-refractivity contribution in [2.24, 2.45) is 0 Å². The van der Waals surface area contributed by atoms with Crippen LogP contribution in [0.15, 0.2) is 0 Å². The minimum Gasteiger partial charge on any atom is -0.444 e. The quantitative estimate of drug-likeness (QED) is 0.687. The van der Waals surface area contributed by atoms with Gasteiger partial charge >= 0.3 is 6.09 Å². The highest BCUT2D eigenvalue weighted by atomic mass is 16.6. The SMILES string of the molecule is [B]C([B])([B])N1C(=O)CC2(CCN(C(=O)OC(C)(C)C)CC2)N1CC. The molecule has 1 spiro atoms. The van der Waals surface area contributed by atoms with Crippen molar-refractivity contribution >= 4 is 35.5 Å². The Morgan fingerprint density at radius 1 is 1.21 bits per heavy atom. The fraction of sp³-hybridized carbons (Fsp3) is 0.867. The predicted octanol–water partition coefficient (Wildman–Crippen LogP) is 0.342. The minimum atomic E-state index is -1.72. The zero-order valence-electron chi connectivity index (χ0n) is 15.0. The minimum absolute atomic E-state index is 0.185. The maximum atomic E-state index is 12.4. The zero-order valence-corrected chi connectivity index (χ0v) is 15.0. The van der Waals surface area contributed by atoms with Gasteiger partial charge in [0.25, 0.3) is 0 Å². The van der Waals surface area contributed by atoms with Gasteiger partial charge in [-0.1, -0.05) is 12.2 Å². The van der Waals surface area contributed by atoms with Crippen LogP contribution in [0.3, 0.4) is 0 Å². The number of hydrazine groups is 1. The maximum Gasteiger partial charge on any atom is 0.410 e. The van der Waals surface area contributed by atoms with E-state index in [-0.39, 0.29) is 12.0 Å². The summed E-state index contributed by atoms with van der Waals surface area (Å²) in [5.41, 5.74) is -0.923. The van der Waals surface area contributed by atoms with E-state index in [0.717, 1.165) is 0 Å². The van der Waals surface area contributed by atoms with Crippen molar-refractivity contribution in [3.05, 3.63) is 0 Å². The molecule has 2 amide bonds. The molecule has 9 heteroatoms. The van der Waals surface area contributed by atoms with Crippen LogP contribution >= 0.6 is 0 Å². The summed E-state index contributed by atoms with van der Waals surface area (Å²) < 4.78 is 5.41. The Kier molecular flexibility index (Phi) is 5.06. The molecule has 0 unspecified atom stereocenters. The molecule has 6 radical (unpaired) electrons. The highest BCUT2D eigenvalue weighted by molar-refractivity contribution is 6.59. The topological polar surface area (TPSA) is 53.1 Å². The summed E-state index contributed by atoms with van der Waals surface area (Å²) in [5.74, 6) is -0.185. The molecule has 2 heterocycles. The Labute approximate surface area is 148 Å². The van der Waals surface area contributed by atoms with E-state index in [2.05, 4.69) is 0 Å². The van der Waals surface area contributed by atoms with Crippen LogP contribution in [0.1, 0.15) is 47.0 Å². The van der Waals surface area contributed by atoms with Gasteiger partial charge in [-0.05, 0) is 33.6 Å². The molecular weight excluding hydrogens is 303 g/mol. The van der Waals surface area contributed by atoms with Crippen molar-refractivity contribution in [2.45, 2.75) is 63.3 Å². The van der Waals surface area contributed by atoms with Crippen molar-refractivity contribution in [1.29, 1.82) is 0 Å². The number of rotatable bonds is 2. The molecule has 2 rings (SSSR count). The highest BCUT2D eigenvalue weighted by Crippen LogP contribution is 2.40. The number of hydrogen-bond acceptors (Lipinski definition) is 4. The molecule has 0 saturated carbocycles. The average Bonchev–Trinajstić information content (AvgIpc) is 2.69. The van der Waals surface area contributed by atoms with Crippen LogP contribution < -0.4 is 0 Å². The van der Waals surface area contributed by atoms with Crippen molar-refractivity contribution in [1.82, 2.24) is 14.9 Å². The molecule has 0 atom stereocenters. The van der Waals surface area contributed by atoms with Crippen molar-refractivity contribution in [3.8, 4) is 0 Å². The van der Waals surface area contributed by atoms with E-state index in [1.807, 2.05) is 32.7 Å². The average molecular weight is 327 g/mol. The zero-order chi connectivity index (χ0) is 18.3. The number of hydrogen-bond donors (Lipinski definition) is 0. The van der Waals surface area contributed by atoms with Crippen LogP contribution in [0.4, 0.5) is 4.79 Å². The molecule has 126 valence electrons. The van der Waals surface area contributed by atoms with Crippen LogP contribution in [0.2, 0.25) is 0 Å². The first kappa shape index (κ1) is 19.2. The molecule has 2 aliphatic rings. The Balaban J connectivity index is 2.09. The third-order valence-corrected chi connectivity index (χ3v) is 4.52. The summed E-state index contributed by atoms with van der Waals surface area (Å²) in [6.45, 7) is 9.04. The van der Waals surface area contributed by atoms with E-state index in [1.165, 1.54) is 5.01 Å². The number of carbonyl (C=O) groups is 2. The lowest BCUT2D eigenvalue weighted by Gasteiger charge is -2.49. The monoisotopic (exact) mass is 327 g/mol. The standard InChI is InChI=1S/C15H24B3N3O3/c1-5-20-14(10-11(22)21(20)15(16,17)18)6-8-19(9-7-14)12(23)24-13(2,3)4/h5-10H2,1-4H3. The van der Waals surface area contributed by atoms with Gasteiger partial charge in [0, 0.05) is 26.1 Å². The molecule has 0 bridgehead atoms. The van der Waals surface area contributed by atoms with Gasteiger partial charge < -0.3 is 9.64 Å². The van der Waals surface area contributed by atoms with E-state index in [9.17, 15) is 9.59 Å². The van der Waals surface area contributed by atoms with Gasteiger partial charge in [0.15, 0.2) is 0 Å². The second-order valence-corrected chi connectivity index (χ2v) is 7.68. The van der Waals surface area contributed by atoms with Gasteiger partial charge in [-0.3, -0.25) is 9.80 Å². The Morgan fingerprint density at radius 3 is 2.17 bits per heavy atom. The van der Waals surface area contributed by atoms with E-state index >= 15 is 0 Å². The summed E-state index contributed by atoms with van der Waals surface area (Å²) in [4.78, 5) is 26.3. The summed E-state index contributed by atoms with van der Waals surface area (Å²) in [7, 11) is 17.3. The second kappa shape index (κ2) is 6.32. The molecule has 0 aromatic heterocycles. The third kappa shape index (κ3) is 3.76. The number of amides is 2. The predicted molar refractivity (Wildman–Crippen MR) is 93.6 cm³/mol. The summed E-state index contributed by atoms with van der Waals surface area (Å²) in [5, 5.41) is 1.40. The Hall–Kier alpha value is -1.11. The lowest BCUT2D eigenvalue weighted by Crippen LogP contribution is -2.63. The molecular formula is C15H24B3N3O3. The summed E-state index contributed by atoms with van der Waals surface area (Å²) in [6, 6.07) is 0. The van der Waals surface area contributed by atoms with E-state index in [1.54, 1.807) is 4.90 Å². The molecule has 6 nitrogen and oxygen atoms in total. The smallest absolute Gasteiger partial charge is 0.410 e. The fourth-order valence-corrected chi connectivity index (χ4v) is 3.56. The molecule has 0 N–H and O–H groups in total. The van der Waals surface area contributed by atoms with Crippen molar-refractivity contribution in [3.63, 3.8) is 0 Å². The number of ether oxygens (including phenoxy) is 1. The normalized spacial score (nSPS) is 22.2. The lowest BCUT2D eigenvalue weighted by molar-refractivity contribution is -0.143. The van der Waals surface area contributed by atoms with E-state index in [4.69, 9.17) is 28.3 Å². The largest absolute Gasteiger partial charge is 0.444 e. The number of carbonyl (C=O) groups excluding carboxylic acids is 2. The molecule has 0 aliphatic carbocycles. The van der Waals surface area contributed by atoms with Gasteiger partial charge in [-0.2, -0.15) is 0 Å². The molecule has 0 aromatic carbocycles. The Morgan fingerprint density at radius 2 is 1.75 bits per heavy atom. The van der Waals surface area contributed by atoms with Crippen molar-refractivity contribution in [2.75, 3.05) is 19.6 Å². The van der Waals surface area contributed by atoms with Gasteiger partial charge in [-0.15, -0.1) is 0 Å². The third-order valence-electron chi connectivity index (χ3n) is 4.52. The second-order valence-electron chi connectivity index (χ2n) is 7.68. The highest BCUT2D eigenvalue weighted by Gasteiger charge is 2.53. The molecule has 24 heavy (non-hydrogen) atoms. The van der Waals surface area contributed by atoms with E-state index < -0.39 is 16.4 Å². The van der Waals surface area contributed by atoms with Crippen LogP contribution in [0.25, 0.3) is 0 Å². The Bertz CT molecular complexity index is 508. The lowest BCUT2D eigenvalue weighted by atomic mass is 9.49. The van der Waals surface area contributed by atoms with Gasteiger partial charge in [-0.25, -0.2) is 9.80 Å². The van der Waals surface area contributed by atoms with Crippen LogP contribution in [-0.4, -0.2) is 86.5 Å². The first-order chi connectivity index (χ1) is 10.9. The van der Waals surface area contributed by atoms with Crippen LogP contribution in [0.5, 0.6) is 0 Å². The molecule has 2 fully saturated rings. The van der Waals surface area contributed by atoms with Gasteiger partial charge in [0.1, 0.15) is 5.60 Å².